The van der Waals surface area contributed by atoms with Crippen molar-refractivity contribution in [3.05, 3.63) is 65.2 Å². The zero-order valence-electron chi connectivity index (χ0n) is 18.9. The number of halogens is 1. The van der Waals surface area contributed by atoms with Gasteiger partial charge in [0.15, 0.2) is 0 Å². The lowest BCUT2D eigenvalue weighted by Gasteiger charge is -2.32. The molecule has 33 heavy (non-hydrogen) atoms. The van der Waals surface area contributed by atoms with Crippen LogP contribution in [0.4, 0.5) is 5.69 Å². The second-order valence-corrected chi connectivity index (χ2v) is 10.8. The van der Waals surface area contributed by atoms with Crippen molar-refractivity contribution in [3.63, 3.8) is 0 Å². The first-order valence-electron chi connectivity index (χ1n) is 11.0. The topological polar surface area (TPSA) is 86.8 Å². The van der Waals surface area contributed by atoms with Crippen molar-refractivity contribution in [2.24, 2.45) is 0 Å². The first kappa shape index (κ1) is 25.1. The van der Waals surface area contributed by atoms with Crippen molar-refractivity contribution in [1.82, 2.24) is 10.2 Å². The standard InChI is InChI=1S/C24H30ClN3O4S/c1-18(24(30)26-21-8-6-7-9-21)27(16-19-12-14-20(25)15-13-19)23(29)17-28(33(2,31)32)22-10-4-3-5-11-22/h3-5,10-15,18,21H,6-9,16-17H2,1-2H3,(H,26,30). The second-order valence-electron chi connectivity index (χ2n) is 8.42. The van der Waals surface area contributed by atoms with Crippen LogP contribution in [0.3, 0.4) is 0 Å². The van der Waals surface area contributed by atoms with Crippen LogP contribution >= 0.6 is 11.6 Å². The molecule has 0 aromatic heterocycles. The van der Waals surface area contributed by atoms with Gasteiger partial charge in [0.1, 0.15) is 12.6 Å². The van der Waals surface area contributed by atoms with Gasteiger partial charge in [-0.2, -0.15) is 0 Å². The van der Waals surface area contributed by atoms with Gasteiger partial charge in [-0.15, -0.1) is 0 Å². The summed E-state index contributed by atoms with van der Waals surface area (Å²) in [6.45, 7) is 1.42. The summed E-state index contributed by atoms with van der Waals surface area (Å²) in [5, 5.41) is 3.60. The van der Waals surface area contributed by atoms with Gasteiger partial charge < -0.3 is 10.2 Å². The molecule has 1 atom stereocenters. The fourth-order valence-corrected chi connectivity index (χ4v) is 4.94. The molecule has 1 fully saturated rings. The molecule has 9 heteroatoms. The molecule has 3 rings (SSSR count). The minimum absolute atomic E-state index is 0.115. The summed E-state index contributed by atoms with van der Waals surface area (Å²) in [5.74, 6) is -0.705. The number of nitrogens with zero attached hydrogens (tertiary/aromatic N) is 2. The lowest BCUT2D eigenvalue weighted by atomic mass is 10.1. The molecule has 1 unspecified atom stereocenters. The Morgan fingerprint density at radius 3 is 2.24 bits per heavy atom. The van der Waals surface area contributed by atoms with E-state index in [1.807, 2.05) is 0 Å². The number of carbonyl (C=O) groups excluding carboxylic acids is 2. The molecule has 0 heterocycles. The Hall–Kier alpha value is -2.58. The molecular weight excluding hydrogens is 462 g/mol. The van der Waals surface area contributed by atoms with E-state index in [2.05, 4.69) is 5.32 Å². The van der Waals surface area contributed by atoms with Crippen LogP contribution in [0.25, 0.3) is 0 Å². The predicted molar refractivity (Wildman–Crippen MR) is 130 cm³/mol. The molecule has 1 aliphatic carbocycles. The molecule has 178 valence electrons. The highest BCUT2D eigenvalue weighted by Crippen LogP contribution is 2.21. The Labute approximate surface area is 200 Å². The molecule has 2 aromatic rings. The summed E-state index contributed by atoms with van der Waals surface area (Å²) >= 11 is 5.99. The number of amides is 2. The molecule has 2 aromatic carbocycles. The molecule has 0 spiro atoms. The number of para-hydroxylation sites is 1. The number of benzene rings is 2. The number of anilines is 1. The number of rotatable bonds is 9. The zero-order chi connectivity index (χ0) is 24.0. The minimum Gasteiger partial charge on any atom is -0.352 e. The van der Waals surface area contributed by atoms with Crippen molar-refractivity contribution >= 4 is 39.1 Å². The highest BCUT2D eigenvalue weighted by atomic mass is 35.5. The van der Waals surface area contributed by atoms with Crippen LogP contribution in [0.1, 0.15) is 38.2 Å². The Balaban J connectivity index is 1.85. The van der Waals surface area contributed by atoms with Crippen molar-refractivity contribution < 1.29 is 18.0 Å². The van der Waals surface area contributed by atoms with E-state index in [9.17, 15) is 18.0 Å². The molecule has 7 nitrogen and oxygen atoms in total. The monoisotopic (exact) mass is 491 g/mol. The van der Waals surface area contributed by atoms with Gasteiger partial charge in [0.2, 0.25) is 21.8 Å². The van der Waals surface area contributed by atoms with Crippen LogP contribution in [-0.2, 0) is 26.2 Å². The Kier molecular flexibility index (Phi) is 8.37. The van der Waals surface area contributed by atoms with Crippen molar-refractivity contribution in [2.75, 3.05) is 17.1 Å². The third kappa shape index (κ3) is 6.95. The maximum Gasteiger partial charge on any atom is 0.244 e. The molecule has 2 amide bonds. The van der Waals surface area contributed by atoms with Crippen LogP contribution in [0.15, 0.2) is 54.6 Å². The maximum atomic E-state index is 13.4. The van der Waals surface area contributed by atoms with E-state index in [0.717, 1.165) is 41.8 Å². The molecule has 0 saturated heterocycles. The Morgan fingerprint density at radius 2 is 1.67 bits per heavy atom. The summed E-state index contributed by atoms with van der Waals surface area (Å²) in [6.07, 6.45) is 5.08. The quantitative estimate of drug-likeness (QED) is 0.580. The third-order valence-electron chi connectivity index (χ3n) is 5.86. The fourth-order valence-electron chi connectivity index (χ4n) is 3.97. The van der Waals surface area contributed by atoms with Crippen LogP contribution in [0, 0.1) is 0 Å². The minimum atomic E-state index is -3.72. The van der Waals surface area contributed by atoms with Gasteiger partial charge in [0, 0.05) is 17.6 Å². The van der Waals surface area contributed by atoms with E-state index >= 15 is 0 Å². The number of sulfonamides is 1. The highest BCUT2D eigenvalue weighted by molar-refractivity contribution is 7.92. The zero-order valence-corrected chi connectivity index (χ0v) is 20.5. The lowest BCUT2D eigenvalue weighted by molar-refractivity contribution is -0.139. The summed E-state index contributed by atoms with van der Waals surface area (Å²) in [6, 6.07) is 14.8. The van der Waals surface area contributed by atoms with Gasteiger partial charge in [-0.3, -0.25) is 13.9 Å². The van der Waals surface area contributed by atoms with E-state index < -0.39 is 28.5 Å². The number of nitrogens with one attached hydrogen (secondary N) is 1. The normalized spacial score (nSPS) is 15.1. The number of carbonyl (C=O) groups is 2. The number of hydrogen-bond acceptors (Lipinski definition) is 4. The van der Waals surface area contributed by atoms with Gasteiger partial charge in [0.05, 0.1) is 11.9 Å². The van der Waals surface area contributed by atoms with Crippen LogP contribution < -0.4 is 9.62 Å². The summed E-state index contributed by atoms with van der Waals surface area (Å²) in [4.78, 5) is 27.9. The van der Waals surface area contributed by atoms with Crippen molar-refractivity contribution in [3.8, 4) is 0 Å². The predicted octanol–water partition coefficient (Wildman–Crippen LogP) is 3.58. The van der Waals surface area contributed by atoms with Gasteiger partial charge in [-0.25, -0.2) is 8.42 Å². The van der Waals surface area contributed by atoms with Crippen LogP contribution in [0.2, 0.25) is 5.02 Å². The Morgan fingerprint density at radius 1 is 1.06 bits per heavy atom. The second kappa shape index (κ2) is 11.0. The van der Waals surface area contributed by atoms with E-state index in [-0.39, 0.29) is 18.5 Å². The average molecular weight is 492 g/mol. The molecular formula is C24H30ClN3O4S. The average Bonchev–Trinajstić information content (AvgIpc) is 3.29. The highest BCUT2D eigenvalue weighted by Gasteiger charge is 2.31. The van der Waals surface area contributed by atoms with Gasteiger partial charge in [0.25, 0.3) is 0 Å². The lowest BCUT2D eigenvalue weighted by Crippen LogP contribution is -2.52. The summed E-state index contributed by atoms with van der Waals surface area (Å²) < 4.78 is 26.0. The Bertz CT molecular complexity index is 1050. The van der Waals surface area contributed by atoms with Gasteiger partial charge in [-0.1, -0.05) is 54.8 Å². The first-order chi connectivity index (χ1) is 15.6. The van der Waals surface area contributed by atoms with Crippen LogP contribution in [0.5, 0.6) is 0 Å². The molecule has 1 aliphatic rings. The molecule has 0 radical (unpaired) electrons. The molecule has 1 saturated carbocycles. The number of hydrogen-bond donors (Lipinski definition) is 1. The van der Waals surface area contributed by atoms with E-state index in [0.29, 0.717) is 10.7 Å². The van der Waals surface area contributed by atoms with Crippen molar-refractivity contribution in [2.45, 2.75) is 51.2 Å². The summed E-state index contributed by atoms with van der Waals surface area (Å²) in [7, 11) is -3.72. The third-order valence-corrected chi connectivity index (χ3v) is 7.25. The molecule has 0 bridgehead atoms. The smallest absolute Gasteiger partial charge is 0.244 e. The molecule has 1 N–H and O–H groups in total. The molecule has 0 aliphatic heterocycles. The van der Waals surface area contributed by atoms with Gasteiger partial charge >= 0.3 is 0 Å². The SMILES string of the molecule is CC(C(=O)NC1CCCC1)N(Cc1ccc(Cl)cc1)C(=O)CN(c1ccccc1)S(C)(=O)=O. The van der Waals surface area contributed by atoms with E-state index in [4.69, 9.17) is 11.6 Å². The van der Waals surface area contributed by atoms with Crippen molar-refractivity contribution in [1.29, 1.82) is 0 Å². The summed E-state index contributed by atoms with van der Waals surface area (Å²) in [5.41, 5.74) is 1.18. The fraction of sp³-hybridized carbons (Fsp3) is 0.417. The van der Waals surface area contributed by atoms with Gasteiger partial charge in [-0.05, 0) is 49.6 Å². The van der Waals surface area contributed by atoms with E-state index in [1.54, 1.807) is 61.5 Å². The first-order valence-corrected chi connectivity index (χ1v) is 13.2. The van der Waals surface area contributed by atoms with Crippen LogP contribution in [-0.4, -0.2) is 50.0 Å². The van der Waals surface area contributed by atoms with E-state index in [1.165, 1.54) is 4.90 Å². The maximum absolute atomic E-state index is 13.4. The largest absolute Gasteiger partial charge is 0.352 e.